The minimum atomic E-state index is -0.0294. The van der Waals surface area contributed by atoms with Crippen LogP contribution in [0.25, 0.3) is 12.2 Å². The van der Waals surface area contributed by atoms with Crippen molar-refractivity contribution in [3.05, 3.63) is 83.9 Å². The van der Waals surface area contributed by atoms with Gasteiger partial charge in [0.25, 0.3) is 0 Å². The summed E-state index contributed by atoms with van der Waals surface area (Å²) in [4.78, 5) is 29.0. The molecule has 2 aromatic carbocycles. The van der Waals surface area contributed by atoms with Crippen molar-refractivity contribution in [2.75, 3.05) is 13.1 Å². The van der Waals surface area contributed by atoms with E-state index in [1.54, 1.807) is 12.2 Å². The van der Waals surface area contributed by atoms with Crippen LogP contribution in [0.3, 0.4) is 0 Å². The smallest absolute Gasteiger partial charge is 0.246 e. The van der Waals surface area contributed by atoms with Gasteiger partial charge in [0.15, 0.2) is 0 Å². The second kappa shape index (κ2) is 9.18. The Hall–Kier alpha value is -3.14. The number of carbonyl (C=O) groups is 2. The van der Waals surface area contributed by atoms with Gasteiger partial charge in [-0.3, -0.25) is 9.59 Å². The molecule has 4 heteroatoms. The van der Waals surface area contributed by atoms with Crippen molar-refractivity contribution in [3.63, 3.8) is 0 Å². The van der Waals surface area contributed by atoms with E-state index in [0.717, 1.165) is 11.1 Å². The monoisotopic (exact) mass is 374 g/mol. The Morgan fingerprint density at radius 3 is 1.43 bits per heavy atom. The van der Waals surface area contributed by atoms with Crippen molar-refractivity contribution < 1.29 is 9.59 Å². The van der Waals surface area contributed by atoms with Crippen LogP contribution in [0.4, 0.5) is 0 Å². The zero-order chi connectivity index (χ0) is 19.9. The summed E-state index contributed by atoms with van der Waals surface area (Å²) in [5.41, 5.74) is 1.99. The number of carbonyl (C=O) groups excluding carboxylic acids is 2. The lowest BCUT2D eigenvalue weighted by Crippen LogP contribution is -2.59. The number of hydrogen-bond acceptors (Lipinski definition) is 2. The second-order valence-corrected chi connectivity index (χ2v) is 7.17. The summed E-state index contributed by atoms with van der Waals surface area (Å²) in [5.74, 6) is -0.0368. The highest BCUT2D eigenvalue weighted by Crippen LogP contribution is 2.17. The van der Waals surface area contributed by atoms with Gasteiger partial charge < -0.3 is 9.80 Å². The Morgan fingerprint density at radius 2 is 1.07 bits per heavy atom. The van der Waals surface area contributed by atoms with Crippen LogP contribution in [-0.2, 0) is 9.59 Å². The van der Waals surface area contributed by atoms with Gasteiger partial charge in [-0.2, -0.15) is 0 Å². The molecule has 1 heterocycles. The van der Waals surface area contributed by atoms with Gasteiger partial charge in [0.2, 0.25) is 11.8 Å². The first-order valence-electron chi connectivity index (χ1n) is 9.62. The quantitative estimate of drug-likeness (QED) is 0.763. The maximum absolute atomic E-state index is 12.6. The Kier molecular flexibility index (Phi) is 6.43. The van der Waals surface area contributed by atoms with Crippen LogP contribution in [0.5, 0.6) is 0 Å². The molecule has 2 atom stereocenters. The van der Waals surface area contributed by atoms with E-state index in [0.29, 0.717) is 13.1 Å². The van der Waals surface area contributed by atoms with E-state index < -0.39 is 0 Å². The van der Waals surface area contributed by atoms with Crippen LogP contribution in [0.1, 0.15) is 25.0 Å². The topological polar surface area (TPSA) is 40.6 Å². The van der Waals surface area contributed by atoms with E-state index in [1.165, 1.54) is 0 Å². The number of hydrogen-bond donors (Lipinski definition) is 0. The molecule has 0 radical (unpaired) electrons. The van der Waals surface area contributed by atoms with Crippen LogP contribution < -0.4 is 0 Å². The van der Waals surface area contributed by atoms with Gasteiger partial charge in [-0.1, -0.05) is 60.7 Å². The molecule has 28 heavy (non-hydrogen) atoms. The summed E-state index contributed by atoms with van der Waals surface area (Å²) < 4.78 is 0. The summed E-state index contributed by atoms with van der Waals surface area (Å²) in [7, 11) is 0. The maximum Gasteiger partial charge on any atom is 0.246 e. The molecule has 0 bridgehead atoms. The zero-order valence-electron chi connectivity index (χ0n) is 16.4. The normalized spacial score (nSPS) is 20.1. The Bertz CT molecular complexity index is 785. The number of benzene rings is 2. The molecule has 1 fully saturated rings. The molecule has 0 aromatic heterocycles. The minimum Gasteiger partial charge on any atom is -0.333 e. The molecule has 1 aliphatic rings. The van der Waals surface area contributed by atoms with E-state index in [9.17, 15) is 9.59 Å². The molecule has 0 N–H and O–H groups in total. The maximum atomic E-state index is 12.6. The fourth-order valence-electron chi connectivity index (χ4n) is 3.40. The molecule has 3 rings (SSSR count). The van der Waals surface area contributed by atoms with Crippen molar-refractivity contribution in [1.82, 2.24) is 9.80 Å². The molecule has 144 valence electrons. The predicted octanol–water partition coefficient (Wildman–Crippen LogP) is 3.86. The molecule has 0 saturated carbocycles. The summed E-state index contributed by atoms with van der Waals surface area (Å²) in [5, 5.41) is 0. The highest BCUT2D eigenvalue weighted by atomic mass is 16.2. The van der Waals surface area contributed by atoms with E-state index in [4.69, 9.17) is 0 Å². The van der Waals surface area contributed by atoms with Gasteiger partial charge in [0.05, 0.1) is 0 Å². The highest BCUT2D eigenvalue weighted by molar-refractivity contribution is 5.94. The average Bonchev–Trinajstić information content (AvgIpc) is 2.73. The van der Waals surface area contributed by atoms with Crippen molar-refractivity contribution in [3.8, 4) is 0 Å². The molecule has 2 aromatic rings. The summed E-state index contributed by atoms with van der Waals surface area (Å²) in [6.07, 6.45) is 6.90. The molecule has 0 spiro atoms. The number of nitrogens with zero attached hydrogens (tertiary/aromatic N) is 2. The van der Waals surface area contributed by atoms with Gasteiger partial charge in [0, 0.05) is 37.3 Å². The lowest BCUT2D eigenvalue weighted by molar-refractivity contribution is -0.139. The summed E-state index contributed by atoms with van der Waals surface area (Å²) in [6.45, 7) is 5.04. The van der Waals surface area contributed by atoms with Crippen molar-refractivity contribution in [2.45, 2.75) is 25.9 Å². The van der Waals surface area contributed by atoms with Gasteiger partial charge in [-0.25, -0.2) is 0 Å². The third-order valence-corrected chi connectivity index (χ3v) is 4.99. The number of rotatable bonds is 4. The highest BCUT2D eigenvalue weighted by Gasteiger charge is 2.32. The minimum absolute atomic E-state index is 0.0184. The Morgan fingerprint density at radius 1 is 0.714 bits per heavy atom. The van der Waals surface area contributed by atoms with E-state index in [1.807, 2.05) is 96.5 Å². The lowest BCUT2D eigenvalue weighted by Gasteiger charge is -2.43. The molecular weight excluding hydrogens is 348 g/mol. The molecule has 1 saturated heterocycles. The van der Waals surface area contributed by atoms with Gasteiger partial charge in [-0.05, 0) is 37.1 Å². The van der Waals surface area contributed by atoms with Gasteiger partial charge in [-0.15, -0.1) is 0 Å². The second-order valence-electron chi connectivity index (χ2n) is 7.17. The summed E-state index contributed by atoms with van der Waals surface area (Å²) in [6, 6.07) is 19.5. The Labute approximate surface area is 166 Å². The third kappa shape index (κ3) is 4.97. The van der Waals surface area contributed by atoms with Crippen LogP contribution in [0.2, 0.25) is 0 Å². The van der Waals surface area contributed by atoms with E-state index >= 15 is 0 Å². The largest absolute Gasteiger partial charge is 0.333 e. The van der Waals surface area contributed by atoms with Crippen LogP contribution in [-0.4, -0.2) is 46.8 Å². The van der Waals surface area contributed by atoms with E-state index in [2.05, 4.69) is 0 Å². The third-order valence-electron chi connectivity index (χ3n) is 4.99. The van der Waals surface area contributed by atoms with Gasteiger partial charge >= 0.3 is 0 Å². The first kappa shape index (κ1) is 19.6. The lowest BCUT2D eigenvalue weighted by atomic mass is 10.1. The zero-order valence-corrected chi connectivity index (χ0v) is 16.4. The van der Waals surface area contributed by atoms with E-state index in [-0.39, 0.29) is 23.9 Å². The first-order chi connectivity index (χ1) is 13.5. The van der Waals surface area contributed by atoms with Crippen molar-refractivity contribution in [2.24, 2.45) is 0 Å². The fraction of sp³-hybridized carbons (Fsp3) is 0.250. The van der Waals surface area contributed by atoms with Crippen LogP contribution >= 0.6 is 0 Å². The molecule has 2 unspecified atom stereocenters. The van der Waals surface area contributed by atoms with Crippen molar-refractivity contribution in [1.29, 1.82) is 0 Å². The molecular formula is C24H26N2O2. The predicted molar refractivity (Wildman–Crippen MR) is 113 cm³/mol. The van der Waals surface area contributed by atoms with Crippen LogP contribution in [0, 0.1) is 0 Å². The molecule has 0 aliphatic carbocycles. The Balaban J connectivity index is 1.61. The fourth-order valence-corrected chi connectivity index (χ4v) is 3.40. The van der Waals surface area contributed by atoms with Crippen molar-refractivity contribution >= 4 is 24.0 Å². The number of amides is 2. The number of piperazine rings is 1. The first-order valence-corrected chi connectivity index (χ1v) is 9.62. The summed E-state index contributed by atoms with van der Waals surface area (Å²) >= 11 is 0. The van der Waals surface area contributed by atoms with Gasteiger partial charge in [0.1, 0.15) is 0 Å². The SMILES string of the molecule is CC1CN(C(=O)C=Cc2ccccc2)C(C)CN1C(=O)C=Cc1ccccc1. The molecule has 4 nitrogen and oxygen atoms in total. The molecule has 1 aliphatic heterocycles. The average molecular weight is 374 g/mol. The molecule has 2 amide bonds. The standard InChI is InChI=1S/C24H26N2O2/c1-19-17-26(24(28)16-14-22-11-7-4-8-12-22)20(2)18-25(19)23(27)15-13-21-9-5-3-6-10-21/h3-16,19-20H,17-18H2,1-2H3. The van der Waals surface area contributed by atoms with Crippen LogP contribution in [0.15, 0.2) is 72.8 Å².